The lowest BCUT2D eigenvalue weighted by Crippen LogP contribution is -2.15. The summed E-state index contributed by atoms with van der Waals surface area (Å²) >= 11 is 0. The van der Waals surface area contributed by atoms with Crippen molar-refractivity contribution >= 4 is 17.6 Å². The largest absolute Gasteiger partial charge is 0.493 e. The summed E-state index contributed by atoms with van der Waals surface area (Å²) in [5, 5.41) is 15.7. The van der Waals surface area contributed by atoms with Gasteiger partial charge in [0.15, 0.2) is 0 Å². The molecule has 2 aromatic carbocycles. The van der Waals surface area contributed by atoms with Gasteiger partial charge in [0, 0.05) is 0 Å². The fourth-order valence-electron chi connectivity index (χ4n) is 2.05. The van der Waals surface area contributed by atoms with Gasteiger partial charge in [-0.25, -0.2) is 9.99 Å². The molecule has 1 heterocycles. The number of anilines is 2. The fraction of sp³-hybridized carbons (Fsp3) is 0. The van der Waals surface area contributed by atoms with Gasteiger partial charge < -0.3 is 10.1 Å². The van der Waals surface area contributed by atoms with E-state index in [4.69, 9.17) is 0 Å². The van der Waals surface area contributed by atoms with Gasteiger partial charge in [0.2, 0.25) is 5.88 Å². The van der Waals surface area contributed by atoms with E-state index in [-0.39, 0.29) is 11.4 Å². The molecule has 0 radical (unpaired) electrons. The Balaban J connectivity index is 2.03. The second kappa shape index (κ2) is 6.57. The molecule has 3 aromatic rings. The zero-order chi connectivity index (χ0) is 16.1. The van der Waals surface area contributed by atoms with E-state index < -0.39 is 5.56 Å². The van der Waals surface area contributed by atoms with Crippen LogP contribution in [0.25, 0.3) is 0 Å². The number of nitrogens with one attached hydrogen (secondary N) is 1. The molecule has 23 heavy (non-hydrogen) atoms. The normalized spacial score (nSPS) is 10.8. The Hall–Kier alpha value is -3.41. The van der Waals surface area contributed by atoms with Crippen molar-refractivity contribution in [2.24, 2.45) is 5.10 Å². The first-order valence-electron chi connectivity index (χ1n) is 6.96. The number of aromatic amines is 1. The van der Waals surface area contributed by atoms with E-state index in [1.54, 1.807) is 5.01 Å². The van der Waals surface area contributed by atoms with Crippen molar-refractivity contribution in [1.29, 1.82) is 0 Å². The standard InChI is InChI=1S/C17H14N4O2/c22-16-15(17(23)19-12-18-16)11-20-21(13-7-3-1-4-8-13)14-9-5-2-6-10-14/h1-12H,(H2,18,19,22,23). The molecule has 0 amide bonds. The van der Waals surface area contributed by atoms with Crippen molar-refractivity contribution in [2.45, 2.75) is 0 Å². The minimum Gasteiger partial charge on any atom is -0.493 e. The van der Waals surface area contributed by atoms with E-state index in [1.807, 2.05) is 60.7 Å². The van der Waals surface area contributed by atoms with Crippen molar-refractivity contribution in [3.8, 4) is 5.88 Å². The molecule has 0 unspecified atom stereocenters. The number of H-pyrrole nitrogens is 1. The number of benzene rings is 2. The van der Waals surface area contributed by atoms with E-state index in [2.05, 4.69) is 15.1 Å². The first-order chi connectivity index (χ1) is 11.3. The minimum absolute atomic E-state index is 0.00404. The molecule has 0 spiro atoms. The van der Waals surface area contributed by atoms with Crippen LogP contribution in [-0.4, -0.2) is 21.3 Å². The predicted octanol–water partition coefficient (Wildman–Crippen LogP) is 2.65. The maximum Gasteiger partial charge on any atom is 0.263 e. The number of aromatic nitrogens is 2. The molecule has 0 aliphatic heterocycles. The summed E-state index contributed by atoms with van der Waals surface area (Å²) in [6.45, 7) is 0. The van der Waals surface area contributed by atoms with Crippen LogP contribution < -0.4 is 10.6 Å². The third-order valence-electron chi connectivity index (χ3n) is 3.17. The van der Waals surface area contributed by atoms with Gasteiger partial charge in [-0.1, -0.05) is 36.4 Å². The Kier molecular flexibility index (Phi) is 4.15. The zero-order valence-electron chi connectivity index (χ0n) is 12.1. The monoisotopic (exact) mass is 306 g/mol. The summed E-state index contributed by atoms with van der Waals surface area (Å²) in [7, 11) is 0. The smallest absolute Gasteiger partial charge is 0.263 e. The molecule has 0 atom stereocenters. The highest BCUT2D eigenvalue weighted by Gasteiger charge is 2.09. The number of rotatable bonds is 4. The summed E-state index contributed by atoms with van der Waals surface area (Å²) in [4.78, 5) is 17.8. The molecular weight excluding hydrogens is 292 g/mol. The molecule has 1 aromatic heterocycles. The maximum atomic E-state index is 11.8. The van der Waals surface area contributed by atoms with Crippen LogP contribution in [0, 0.1) is 0 Å². The lowest BCUT2D eigenvalue weighted by molar-refractivity contribution is 0.450. The Bertz CT molecular complexity index is 821. The van der Waals surface area contributed by atoms with Crippen molar-refractivity contribution in [3.05, 3.63) is 82.9 Å². The van der Waals surface area contributed by atoms with Gasteiger partial charge in [0.1, 0.15) is 5.56 Å². The number of hydrogen-bond donors (Lipinski definition) is 2. The van der Waals surface area contributed by atoms with Crippen LogP contribution in [0.15, 0.2) is 76.9 Å². The molecule has 0 saturated carbocycles. The van der Waals surface area contributed by atoms with E-state index in [0.29, 0.717) is 0 Å². The Labute approximate surface area is 132 Å². The van der Waals surface area contributed by atoms with Crippen LogP contribution in [0.1, 0.15) is 5.56 Å². The number of nitrogens with zero attached hydrogens (tertiary/aromatic N) is 3. The highest BCUT2D eigenvalue weighted by atomic mass is 16.3. The average Bonchev–Trinajstić information content (AvgIpc) is 2.59. The minimum atomic E-state index is -0.456. The number of hydrazone groups is 1. The average molecular weight is 306 g/mol. The Morgan fingerprint density at radius 3 is 2.09 bits per heavy atom. The molecule has 6 nitrogen and oxygen atoms in total. The third kappa shape index (κ3) is 3.26. The summed E-state index contributed by atoms with van der Waals surface area (Å²) < 4.78 is 0. The molecular formula is C17H14N4O2. The summed E-state index contributed by atoms with van der Waals surface area (Å²) in [6.07, 6.45) is 2.43. The lowest BCUT2D eigenvalue weighted by atomic mass is 10.2. The molecule has 0 aliphatic rings. The van der Waals surface area contributed by atoms with Gasteiger partial charge >= 0.3 is 0 Å². The fourth-order valence-corrected chi connectivity index (χ4v) is 2.05. The van der Waals surface area contributed by atoms with Gasteiger partial charge in [0.05, 0.1) is 23.9 Å². The third-order valence-corrected chi connectivity index (χ3v) is 3.17. The van der Waals surface area contributed by atoms with Crippen LogP contribution >= 0.6 is 0 Å². The van der Waals surface area contributed by atoms with E-state index in [1.165, 1.54) is 6.21 Å². The quantitative estimate of drug-likeness (QED) is 0.573. The van der Waals surface area contributed by atoms with Gasteiger partial charge in [-0.3, -0.25) is 4.79 Å². The molecule has 3 rings (SSSR count). The summed E-state index contributed by atoms with van der Waals surface area (Å²) in [6, 6.07) is 19.0. The van der Waals surface area contributed by atoms with E-state index in [9.17, 15) is 9.90 Å². The van der Waals surface area contributed by atoms with Crippen LogP contribution in [-0.2, 0) is 0 Å². The SMILES string of the molecule is O=c1[nH]cnc(O)c1C=NN(c1ccccc1)c1ccccc1. The Morgan fingerprint density at radius 2 is 1.57 bits per heavy atom. The first kappa shape index (κ1) is 14.5. The van der Waals surface area contributed by atoms with Gasteiger partial charge in [0.25, 0.3) is 5.56 Å². The lowest BCUT2D eigenvalue weighted by Gasteiger charge is -2.19. The van der Waals surface area contributed by atoms with Crippen LogP contribution in [0.3, 0.4) is 0 Å². The summed E-state index contributed by atoms with van der Waals surface area (Å²) in [5.41, 5.74) is 1.20. The van der Waals surface area contributed by atoms with E-state index in [0.717, 1.165) is 17.7 Å². The number of aromatic hydroxyl groups is 1. The van der Waals surface area contributed by atoms with Crippen LogP contribution in [0.2, 0.25) is 0 Å². The number of hydrogen-bond acceptors (Lipinski definition) is 5. The van der Waals surface area contributed by atoms with Gasteiger partial charge in [-0.2, -0.15) is 5.10 Å². The molecule has 0 saturated heterocycles. The number of para-hydroxylation sites is 2. The highest BCUT2D eigenvalue weighted by Crippen LogP contribution is 2.25. The van der Waals surface area contributed by atoms with Gasteiger partial charge in [-0.05, 0) is 24.3 Å². The molecule has 114 valence electrons. The molecule has 0 bridgehead atoms. The van der Waals surface area contributed by atoms with Crippen molar-refractivity contribution in [3.63, 3.8) is 0 Å². The van der Waals surface area contributed by atoms with Crippen molar-refractivity contribution in [2.75, 3.05) is 5.01 Å². The van der Waals surface area contributed by atoms with Crippen molar-refractivity contribution < 1.29 is 5.11 Å². The topological polar surface area (TPSA) is 81.6 Å². The molecule has 2 N–H and O–H groups in total. The second-order valence-corrected chi connectivity index (χ2v) is 4.70. The van der Waals surface area contributed by atoms with Gasteiger partial charge in [-0.15, -0.1) is 0 Å². The molecule has 0 aliphatic carbocycles. The highest BCUT2D eigenvalue weighted by molar-refractivity contribution is 5.83. The van der Waals surface area contributed by atoms with Crippen LogP contribution in [0.5, 0.6) is 5.88 Å². The van der Waals surface area contributed by atoms with E-state index >= 15 is 0 Å². The van der Waals surface area contributed by atoms with Crippen molar-refractivity contribution in [1.82, 2.24) is 9.97 Å². The second-order valence-electron chi connectivity index (χ2n) is 4.70. The Morgan fingerprint density at radius 1 is 1.00 bits per heavy atom. The molecule has 0 fully saturated rings. The molecule has 6 heteroatoms. The summed E-state index contributed by atoms with van der Waals surface area (Å²) in [5.74, 6) is -0.362. The van der Waals surface area contributed by atoms with Crippen LogP contribution in [0.4, 0.5) is 11.4 Å². The first-order valence-corrected chi connectivity index (χ1v) is 6.96. The predicted molar refractivity (Wildman–Crippen MR) is 89.1 cm³/mol. The zero-order valence-corrected chi connectivity index (χ0v) is 12.1. The maximum absolute atomic E-state index is 11.8.